The Kier molecular flexibility index (Phi) is 4.00. The molecule has 0 heterocycles. The van der Waals surface area contributed by atoms with Gasteiger partial charge in [0.25, 0.3) is 0 Å². The second-order valence-electron chi connectivity index (χ2n) is 4.28. The van der Waals surface area contributed by atoms with Crippen LogP contribution >= 0.6 is 0 Å². The van der Waals surface area contributed by atoms with Gasteiger partial charge in [0, 0.05) is 5.56 Å². The van der Waals surface area contributed by atoms with E-state index in [2.05, 4.69) is 0 Å². The molecule has 0 saturated carbocycles. The molecule has 0 radical (unpaired) electrons. The Morgan fingerprint density at radius 3 is 2.40 bits per heavy atom. The summed E-state index contributed by atoms with van der Waals surface area (Å²) in [4.78, 5) is 0. The van der Waals surface area contributed by atoms with Crippen LogP contribution in [0.5, 0.6) is 11.5 Å². The van der Waals surface area contributed by atoms with E-state index in [1.165, 1.54) is 0 Å². The molecule has 1 N–H and O–H groups in total. The third-order valence-corrected chi connectivity index (χ3v) is 2.78. The maximum Gasteiger partial charge on any atom is 0.134 e. The van der Waals surface area contributed by atoms with E-state index in [1.54, 1.807) is 49.4 Å². The number of rotatable bonds is 3. The Morgan fingerprint density at radius 2 is 1.75 bits per heavy atom. The van der Waals surface area contributed by atoms with Gasteiger partial charge < -0.3 is 9.84 Å². The fourth-order valence-corrected chi connectivity index (χ4v) is 1.79. The molecule has 20 heavy (non-hydrogen) atoms. The molecule has 98 valence electrons. The summed E-state index contributed by atoms with van der Waals surface area (Å²) >= 11 is 0. The first-order chi connectivity index (χ1) is 9.63. The van der Waals surface area contributed by atoms with E-state index in [-0.39, 0.29) is 0 Å². The Bertz CT molecular complexity index is 709. The predicted molar refractivity (Wildman–Crippen MR) is 73.0 cm³/mol. The SMILES string of the molecule is CC(O)c1ccc(C#N)cc1Oc1cccc(C#N)c1. The van der Waals surface area contributed by atoms with Crippen molar-refractivity contribution in [2.24, 2.45) is 0 Å². The molecular weight excluding hydrogens is 252 g/mol. The predicted octanol–water partition coefficient (Wildman–Crippen LogP) is 3.28. The highest BCUT2D eigenvalue weighted by atomic mass is 16.5. The van der Waals surface area contributed by atoms with Crippen molar-refractivity contribution < 1.29 is 9.84 Å². The number of ether oxygens (including phenoxy) is 1. The van der Waals surface area contributed by atoms with E-state index >= 15 is 0 Å². The van der Waals surface area contributed by atoms with Gasteiger partial charge in [-0.05, 0) is 37.3 Å². The topological polar surface area (TPSA) is 77.0 Å². The minimum absolute atomic E-state index is 0.411. The average Bonchev–Trinajstić information content (AvgIpc) is 2.47. The van der Waals surface area contributed by atoms with Crippen molar-refractivity contribution in [3.05, 3.63) is 59.2 Å². The van der Waals surface area contributed by atoms with Gasteiger partial charge >= 0.3 is 0 Å². The number of nitriles is 2. The molecule has 0 fully saturated rings. The normalized spacial score (nSPS) is 11.2. The summed E-state index contributed by atoms with van der Waals surface area (Å²) in [5.41, 5.74) is 1.52. The lowest BCUT2D eigenvalue weighted by Gasteiger charge is -2.13. The summed E-state index contributed by atoms with van der Waals surface area (Å²) in [6.07, 6.45) is -0.711. The van der Waals surface area contributed by atoms with Gasteiger partial charge in [-0.3, -0.25) is 0 Å². The summed E-state index contributed by atoms with van der Waals surface area (Å²) in [6, 6.07) is 15.6. The lowest BCUT2D eigenvalue weighted by Crippen LogP contribution is -1.97. The number of aliphatic hydroxyl groups excluding tert-OH is 1. The lowest BCUT2D eigenvalue weighted by atomic mass is 10.1. The molecule has 2 rings (SSSR count). The molecular formula is C16H12N2O2. The second kappa shape index (κ2) is 5.88. The van der Waals surface area contributed by atoms with Crippen molar-refractivity contribution in [2.45, 2.75) is 13.0 Å². The summed E-state index contributed by atoms with van der Waals surface area (Å²) in [5, 5.41) is 27.5. The molecule has 4 nitrogen and oxygen atoms in total. The molecule has 1 atom stereocenters. The quantitative estimate of drug-likeness (QED) is 0.922. The molecule has 0 aliphatic carbocycles. The average molecular weight is 264 g/mol. The fraction of sp³-hybridized carbons (Fsp3) is 0.125. The Hall–Kier alpha value is -2.82. The first-order valence-electron chi connectivity index (χ1n) is 6.04. The lowest BCUT2D eigenvalue weighted by molar-refractivity contribution is 0.195. The van der Waals surface area contributed by atoms with Crippen LogP contribution in [-0.4, -0.2) is 5.11 Å². The van der Waals surface area contributed by atoms with Crippen molar-refractivity contribution in [3.63, 3.8) is 0 Å². The monoisotopic (exact) mass is 264 g/mol. The number of hydrogen-bond donors (Lipinski definition) is 1. The molecule has 0 aliphatic heterocycles. The highest BCUT2D eigenvalue weighted by Crippen LogP contribution is 2.30. The number of hydrogen-bond acceptors (Lipinski definition) is 4. The van der Waals surface area contributed by atoms with E-state index in [1.807, 2.05) is 12.1 Å². The summed E-state index contributed by atoms with van der Waals surface area (Å²) in [5.74, 6) is 0.898. The molecule has 0 aliphatic rings. The number of nitrogens with zero attached hydrogens (tertiary/aromatic N) is 2. The molecule has 2 aromatic rings. The van der Waals surface area contributed by atoms with Gasteiger partial charge in [-0.1, -0.05) is 12.1 Å². The van der Waals surface area contributed by atoms with Crippen LogP contribution in [-0.2, 0) is 0 Å². The molecule has 2 aromatic carbocycles. The van der Waals surface area contributed by atoms with Crippen molar-refractivity contribution in [1.82, 2.24) is 0 Å². The zero-order valence-corrected chi connectivity index (χ0v) is 10.9. The van der Waals surface area contributed by atoms with Crippen LogP contribution in [0.3, 0.4) is 0 Å². The largest absolute Gasteiger partial charge is 0.457 e. The minimum atomic E-state index is -0.711. The summed E-state index contributed by atoms with van der Waals surface area (Å²) in [7, 11) is 0. The first kappa shape index (κ1) is 13.6. The molecule has 0 bridgehead atoms. The molecule has 0 spiro atoms. The zero-order valence-electron chi connectivity index (χ0n) is 10.9. The molecule has 0 saturated heterocycles. The van der Waals surface area contributed by atoms with Gasteiger partial charge in [-0.2, -0.15) is 10.5 Å². The van der Waals surface area contributed by atoms with Gasteiger partial charge in [-0.15, -0.1) is 0 Å². The highest BCUT2D eigenvalue weighted by molar-refractivity contribution is 5.46. The van der Waals surface area contributed by atoms with Crippen molar-refractivity contribution in [3.8, 4) is 23.6 Å². The minimum Gasteiger partial charge on any atom is -0.457 e. The fourth-order valence-electron chi connectivity index (χ4n) is 1.79. The third kappa shape index (κ3) is 2.95. The van der Waals surface area contributed by atoms with E-state index < -0.39 is 6.10 Å². The highest BCUT2D eigenvalue weighted by Gasteiger charge is 2.11. The van der Waals surface area contributed by atoms with Crippen LogP contribution in [0.4, 0.5) is 0 Å². The van der Waals surface area contributed by atoms with Gasteiger partial charge in [0.15, 0.2) is 0 Å². The maximum absolute atomic E-state index is 9.73. The van der Waals surface area contributed by atoms with Crippen molar-refractivity contribution in [1.29, 1.82) is 10.5 Å². The van der Waals surface area contributed by atoms with Crippen LogP contribution in [0.1, 0.15) is 29.7 Å². The van der Waals surface area contributed by atoms with Gasteiger partial charge in [-0.25, -0.2) is 0 Å². The molecule has 0 aromatic heterocycles. The van der Waals surface area contributed by atoms with Gasteiger partial charge in [0.2, 0.25) is 0 Å². The zero-order chi connectivity index (χ0) is 14.5. The smallest absolute Gasteiger partial charge is 0.134 e. The number of benzene rings is 2. The first-order valence-corrected chi connectivity index (χ1v) is 6.04. The Labute approximate surface area is 117 Å². The Morgan fingerprint density at radius 1 is 1.05 bits per heavy atom. The Balaban J connectivity index is 2.41. The van der Waals surface area contributed by atoms with Crippen LogP contribution in [0.25, 0.3) is 0 Å². The molecule has 4 heteroatoms. The van der Waals surface area contributed by atoms with E-state index in [9.17, 15) is 5.11 Å². The molecule has 0 amide bonds. The maximum atomic E-state index is 9.73. The van der Waals surface area contributed by atoms with Crippen molar-refractivity contribution >= 4 is 0 Å². The van der Waals surface area contributed by atoms with E-state index in [0.717, 1.165) is 0 Å². The standard InChI is InChI=1S/C16H12N2O2/c1-11(19)15-6-5-13(10-18)8-16(15)20-14-4-2-3-12(7-14)9-17/h2-8,11,19H,1H3. The third-order valence-electron chi connectivity index (χ3n) is 2.78. The van der Waals surface area contributed by atoms with Crippen LogP contribution in [0.2, 0.25) is 0 Å². The van der Waals surface area contributed by atoms with E-state index in [4.69, 9.17) is 15.3 Å². The van der Waals surface area contributed by atoms with Gasteiger partial charge in [0.1, 0.15) is 11.5 Å². The van der Waals surface area contributed by atoms with Crippen LogP contribution in [0, 0.1) is 22.7 Å². The van der Waals surface area contributed by atoms with Crippen molar-refractivity contribution in [2.75, 3.05) is 0 Å². The summed E-state index contributed by atoms with van der Waals surface area (Å²) < 4.78 is 5.69. The second-order valence-corrected chi connectivity index (χ2v) is 4.28. The van der Waals surface area contributed by atoms with Gasteiger partial charge in [0.05, 0.1) is 29.4 Å². The van der Waals surface area contributed by atoms with E-state index in [0.29, 0.717) is 28.2 Å². The van der Waals surface area contributed by atoms with Crippen LogP contribution < -0.4 is 4.74 Å². The molecule has 1 unspecified atom stereocenters. The van der Waals surface area contributed by atoms with Crippen LogP contribution in [0.15, 0.2) is 42.5 Å². The summed E-state index contributed by atoms with van der Waals surface area (Å²) in [6.45, 7) is 1.62. The number of aliphatic hydroxyl groups is 1.